The van der Waals surface area contributed by atoms with Crippen LogP contribution in [-0.4, -0.2) is 65.9 Å². The molecule has 16 N–H and O–H groups in total. The first-order chi connectivity index (χ1) is 54.9. The first-order valence-corrected chi connectivity index (χ1v) is 38.7. The molecular formula is C91H97F3N16O4. The van der Waals surface area contributed by atoms with E-state index in [-0.39, 0.29) is 53.2 Å². The van der Waals surface area contributed by atoms with Gasteiger partial charge in [0.15, 0.2) is 11.5 Å². The highest BCUT2D eigenvalue weighted by Crippen LogP contribution is 2.41. The number of aromatic nitrogens is 6. The number of Topliss-reactive ketones (excluding diaryl/α,β-unsaturated/α-hetero) is 1. The van der Waals surface area contributed by atoms with Crippen molar-refractivity contribution in [2.45, 2.75) is 122 Å². The summed E-state index contributed by atoms with van der Waals surface area (Å²) in [6.45, 7) is 10.3. The molecule has 3 aromatic heterocycles. The van der Waals surface area contributed by atoms with Crippen molar-refractivity contribution in [1.82, 2.24) is 40.0 Å². The Kier molecular flexibility index (Phi) is 25.0. The van der Waals surface area contributed by atoms with E-state index in [1.165, 1.54) is 67.5 Å². The van der Waals surface area contributed by atoms with Crippen LogP contribution in [-0.2, 0) is 37.3 Å². The molecule has 23 heteroatoms. The number of nitrogens with one attached hydrogen (secondary N) is 4. The molecule has 0 saturated heterocycles. The average Bonchev–Trinajstić information content (AvgIpc) is 1.15. The molecule has 9 aromatic carbocycles. The number of amides is 3. The molecule has 586 valence electrons. The molecular weight excluding hydrogens is 1440 g/mol. The lowest BCUT2D eigenvalue weighted by Gasteiger charge is -2.33. The van der Waals surface area contributed by atoms with E-state index < -0.39 is 46.4 Å². The van der Waals surface area contributed by atoms with Crippen molar-refractivity contribution in [2.75, 3.05) is 23.7 Å². The fourth-order valence-corrected chi connectivity index (χ4v) is 14.1. The normalized spacial score (nSPS) is 14.5. The number of anilines is 2. The third-order valence-corrected chi connectivity index (χ3v) is 21.2. The number of nitrogens with two attached hydrogens (primary N) is 6. The number of carbonyl (C=O) groups is 4. The molecule has 3 amide bonds. The van der Waals surface area contributed by atoms with Crippen molar-refractivity contribution in [3.63, 3.8) is 0 Å². The number of rotatable bonds is 29. The molecule has 3 fully saturated rings. The first-order valence-electron chi connectivity index (χ1n) is 38.7. The minimum Gasteiger partial charge on any atom is -0.364 e. The predicted octanol–water partition coefficient (Wildman–Crippen LogP) is 14.3. The first kappa shape index (κ1) is 80.3. The molecule has 3 heterocycles. The van der Waals surface area contributed by atoms with E-state index in [1.54, 1.807) is 83.0 Å². The lowest BCUT2D eigenvalue weighted by atomic mass is 9.78. The van der Waals surface area contributed by atoms with Gasteiger partial charge in [0.1, 0.15) is 40.2 Å². The van der Waals surface area contributed by atoms with E-state index in [0.29, 0.717) is 70.4 Å². The van der Waals surface area contributed by atoms with Crippen LogP contribution in [0.25, 0.3) is 17.1 Å². The number of halogens is 3. The van der Waals surface area contributed by atoms with Gasteiger partial charge in [0.05, 0.1) is 51.4 Å². The molecule has 0 spiro atoms. The van der Waals surface area contributed by atoms with Gasteiger partial charge in [0.25, 0.3) is 17.7 Å². The number of ketones is 1. The maximum Gasteiger partial charge on any atom is 0.274 e. The second-order valence-electron chi connectivity index (χ2n) is 30.2. The van der Waals surface area contributed by atoms with Gasteiger partial charge < -0.3 is 50.4 Å². The van der Waals surface area contributed by atoms with E-state index in [1.807, 2.05) is 130 Å². The minimum absolute atomic E-state index is 0.0192. The third-order valence-electron chi connectivity index (χ3n) is 21.2. The Bertz CT molecular complexity index is 5460. The van der Waals surface area contributed by atoms with Crippen molar-refractivity contribution < 1.29 is 32.3 Å². The maximum atomic E-state index is 15.1. The Labute approximate surface area is 661 Å². The lowest BCUT2D eigenvalue weighted by Crippen LogP contribution is -2.52. The van der Waals surface area contributed by atoms with Crippen molar-refractivity contribution >= 4 is 34.9 Å². The summed E-state index contributed by atoms with van der Waals surface area (Å²) in [6, 6.07) is 67.2. The SMILES string of the molecule is Cc1ccc(C(N)(CCC2CC2)c2ccc(F)c(CC(=O)c3cc(C)nn3-c3cccc(CN)c3)c2)cc1.Cc1cccc(C(N)(NCC2CC2)c2ccc(F)c(NC(=O)c3cc(C)nn3-c3cccc(CN)c3)c2)c1.NCc1cccc(-n2nc(C(N)=O)cc2C(=O)Nc2cc(C(NCC3CC3)c3ccccc3)ccc2F)c1. The number of benzene rings is 9. The zero-order valence-electron chi connectivity index (χ0n) is 64.5. The number of aryl methyl sites for hydroxylation is 4. The van der Waals surface area contributed by atoms with E-state index in [2.05, 4.69) is 60.8 Å². The molecule has 3 aliphatic rings. The Balaban J connectivity index is 0.000000149. The van der Waals surface area contributed by atoms with E-state index in [9.17, 15) is 23.6 Å². The van der Waals surface area contributed by atoms with Gasteiger partial charge in [-0.3, -0.25) is 24.5 Å². The van der Waals surface area contributed by atoms with Crippen LogP contribution in [0.5, 0.6) is 0 Å². The number of hydrogen-bond acceptors (Lipinski definition) is 14. The summed E-state index contributed by atoms with van der Waals surface area (Å²) >= 11 is 0. The Morgan fingerprint density at radius 2 is 0.965 bits per heavy atom. The highest BCUT2D eigenvalue weighted by atomic mass is 19.1. The van der Waals surface area contributed by atoms with Crippen LogP contribution in [0.2, 0.25) is 0 Å². The van der Waals surface area contributed by atoms with Gasteiger partial charge in [-0.15, -0.1) is 0 Å². The molecule has 15 rings (SSSR count). The summed E-state index contributed by atoms with van der Waals surface area (Å²) in [6.07, 6.45) is 8.94. The van der Waals surface area contributed by atoms with Gasteiger partial charge in [-0.1, -0.05) is 163 Å². The lowest BCUT2D eigenvalue weighted by molar-refractivity contribution is 0.0979. The summed E-state index contributed by atoms with van der Waals surface area (Å²) in [7, 11) is 0. The third kappa shape index (κ3) is 19.4. The summed E-state index contributed by atoms with van der Waals surface area (Å²) < 4.78 is 49.6. The van der Waals surface area contributed by atoms with Gasteiger partial charge in [-0.05, 0) is 225 Å². The molecule has 0 radical (unpaired) electrons. The largest absolute Gasteiger partial charge is 0.364 e. The summed E-state index contributed by atoms with van der Waals surface area (Å²) in [5.41, 5.74) is 49.6. The zero-order chi connectivity index (χ0) is 80.4. The van der Waals surface area contributed by atoms with Crippen LogP contribution in [0.4, 0.5) is 24.5 Å². The van der Waals surface area contributed by atoms with Crippen LogP contribution in [0.3, 0.4) is 0 Å². The Morgan fingerprint density at radius 1 is 0.465 bits per heavy atom. The van der Waals surface area contributed by atoms with Crippen LogP contribution in [0.1, 0.15) is 178 Å². The molecule has 3 aliphatic carbocycles. The molecule has 3 atom stereocenters. The van der Waals surface area contributed by atoms with Crippen molar-refractivity contribution in [1.29, 1.82) is 0 Å². The zero-order valence-corrected chi connectivity index (χ0v) is 64.5. The number of carbonyl (C=O) groups excluding carboxylic acids is 4. The van der Waals surface area contributed by atoms with Crippen LogP contribution in [0.15, 0.2) is 224 Å². The maximum absolute atomic E-state index is 15.1. The van der Waals surface area contributed by atoms with Crippen molar-refractivity contribution in [3.05, 3.63) is 343 Å². The van der Waals surface area contributed by atoms with Crippen LogP contribution < -0.4 is 55.7 Å². The second kappa shape index (κ2) is 35.5. The molecule has 0 aliphatic heterocycles. The van der Waals surface area contributed by atoms with E-state index in [4.69, 9.17) is 34.4 Å². The number of hydrogen-bond donors (Lipinski definition) is 10. The smallest absolute Gasteiger partial charge is 0.274 e. The quantitative estimate of drug-likeness (QED) is 0.0154. The number of nitrogens with zero attached hydrogens (tertiary/aromatic N) is 6. The standard InChI is InChI=1S/C32H35FN4O.C30H33FN6O.C29H29FN6O2/c1-21-6-10-26(11-7-21)32(35,15-14-23-8-9-23)27-12-13-29(33)25(18-27)19-31(38)30-16-22(2)36-37(30)28-5-3-4-24(17-28)20-34;1-19-5-3-7-23(13-19)30(33,34-18-21-9-10-21)24-11-12-26(31)27(16-24)35-29(38)28-14-20(2)36-37(28)25-8-4-6-22(15-25)17-32;30-23-12-11-21(27(33-17-18-9-10-18)20-6-2-1-3-7-20)14-24(23)34-29(38)26-15-25(28(32)37)35-36(26)22-8-4-5-19(13-22)16-31/h3-7,10-13,16-18,23H,8-9,14-15,19-20,34-35H2,1-2H3;3-8,11-16,21,34H,9-10,17-18,32-33H2,1-2H3,(H,35,38);1-8,11-15,18,27,33H,9-10,16-17,31H2,(H2,32,37)(H,34,38). The summed E-state index contributed by atoms with van der Waals surface area (Å²) in [5.74, 6) is -1.71. The fourth-order valence-electron chi connectivity index (χ4n) is 14.1. The Hall–Kier alpha value is -11.8. The van der Waals surface area contributed by atoms with Crippen LogP contribution in [0, 0.1) is 62.9 Å². The highest BCUT2D eigenvalue weighted by molar-refractivity contribution is 6.05. The second-order valence-corrected chi connectivity index (χ2v) is 30.2. The minimum atomic E-state index is -1.05. The molecule has 12 aromatic rings. The van der Waals surface area contributed by atoms with Crippen molar-refractivity contribution in [3.8, 4) is 17.1 Å². The summed E-state index contributed by atoms with van der Waals surface area (Å²) in [5, 5.41) is 25.7. The van der Waals surface area contributed by atoms with Gasteiger partial charge in [-0.2, -0.15) is 15.3 Å². The molecule has 114 heavy (non-hydrogen) atoms. The highest BCUT2D eigenvalue weighted by Gasteiger charge is 2.36. The Morgan fingerprint density at radius 3 is 1.54 bits per heavy atom. The monoisotopic (exact) mass is 1530 g/mol. The number of primary amides is 1. The van der Waals surface area contributed by atoms with E-state index >= 15 is 8.78 Å². The van der Waals surface area contributed by atoms with Crippen molar-refractivity contribution in [2.24, 2.45) is 52.2 Å². The topological polar surface area (TPSA) is 326 Å². The fraction of sp³-hybridized carbons (Fsp3) is 0.264. The molecule has 3 unspecified atom stereocenters. The van der Waals surface area contributed by atoms with Gasteiger partial charge in [0, 0.05) is 38.7 Å². The van der Waals surface area contributed by atoms with Gasteiger partial charge in [0.2, 0.25) is 0 Å². The molecule has 20 nitrogen and oxygen atoms in total. The predicted molar refractivity (Wildman–Crippen MR) is 439 cm³/mol. The van der Waals surface area contributed by atoms with Crippen LogP contribution >= 0.6 is 0 Å². The van der Waals surface area contributed by atoms with Gasteiger partial charge in [-0.25, -0.2) is 27.2 Å². The molecule has 0 bridgehead atoms. The summed E-state index contributed by atoms with van der Waals surface area (Å²) in [4.78, 5) is 52.2. The van der Waals surface area contributed by atoms with E-state index in [0.717, 1.165) is 87.3 Å². The average molecular weight is 1540 g/mol. The van der Waals surface area contributed by atoms with Gasteiger partial charge >= 0.3 is 0 Å². The molecule has 3 saturated carbocycles.